The van der Waals surface area contributed by atoms with Crippen LogP contribution in [0.4, 0.5) is 0 Å². The lowest BCUT2D eigenvalue weighted by atomic mass is 10.0. The van der Waals surface area contributed by atoms with Crippen molar-refractivity contribution < 1.29 is 24.5 Å². The molecule has 0 heterocycles. The van der Waals surface area contributed by atoms with Crippen LogP contribution in [0, 0.1) is 0 Å². The van der Waals surface area contributed by atoms with Crippen LogP contribution < -0.4 is 5.32 Å². The summed E-state index contributed by atoms with van der Waals surface area (Å²) in [4.78, 5) is 24.6. The maximum atomic E-state index is 12.5. The molecule has 0 spiro atoms. The number of unbranched alkanes of at least 4 members (excludes halogenated alkanes) is 52. The number of carbonyl (C=O) groups is 2. The average molecular weight is 1150 g/mol. The van der Waals surface area contributed by atoms with Crippen LogP contribution in [0.1, 0.15) is 399 Å². The van der Waals surface area contributed by atoms with E-state index in [1.54, 1.807) is 6.08 Å². The van der Waals surface area contributed by atoms with E-state index < -0.39 is 12.1 Å². The fourth-order valence-corrected chi connectivity index (χ4v) is 11.4. The monoisotopic (exact) mass is 1150 g/mol. The van der Waals surface area contributed by atoms with Gasteiger partial charge in [0.2, 0.25) is 5.91 Å². The number of allylic oxidation sites excluding steroid dienone is 7. The summed E-state index contributed by atoms with van der Waals surface area (Å²) in [6.07, 6.45) is 93.4. The zero-order valence-electron chi connectivity index (χ0n) is 55.2. The normalized spacial score (nSPS) is 12.8. The van der Waals surface area contributed by atoms with Crippen molar-refractivity contribution in [3.8, 4) is 0 Å². The highest BCUT2D eigenvalue weighted by Gasteiger charge is 2.18. The molecule has 0 aromatic carbocycles. The summed E-state index contributed by atoms with van der Waals surface area (Å²) in [7, 11) is 0. The van der Waals surface area contributed by atoms with Crippen LogP contribution in [0.3, 0.4) is 0 Å². The molecule has 0 saturated carbocycles. The zero-order chi connectivity index (χ0) is 59.2. The molecule has 82 heavy (non-hydrogen) atoms. The van der Waals surface area contributed by atoms with Crippen molar-refractivity contribution in [2.24, 2.45) is 0 Å². The van der Waals surface area contributed by atoms with Crippen molar-refractivity contribution >= 4 is 11.9 Å². The second-order valence-electron chi connectivity index (χ2n) is 25.3. The average Bonchev–Trinajstić information content (AvgIpc) is 3.48. The number of aliphatic hydroxyl groups excluding tert-OH is 2. The third kappa shape index (κ3) is 67.0. The number of esters is 1. The van der Waals surface area contributed by atoms with Crippen molar-refractivity contribution in [3.63, 3.8) is 0 Å². The fraction of sp³-hybridized carbons (Fsp3) is 0.868. The second-order valence-corrected chi connectivity index (χ2v) is 25.3. The van der Waals surface area contributed by atoms with E-state index in [0.717, 1.165) is 51.4 Å². The van der Waals surface area contributed by atoms with E-state index >= 15 is 0 Å². The lowest BCUT2D eigenvalue weighted by Gasteiger charge is -2.20. The Bertz CT molecular complexity index is 1370. The molecule has 482 valence electrons. The first-order valence-corrected chi connectivity index (χ1v) is 36.9. The summed E-state index contributed by atoms with van der Waals surface area (Å²) in [6.45, 7) is 4.90. The van der Waals surface area contributed by atoms with Gasteiger partial charge in [-0.25, -0.2) is 0 Å². The summed E-state index contributed by atoms with van der Waals surface area (Å²) in [5.74, 6) is -0.0680. The van der Waals surface area contributed by atoms with Gasteiger partial charge in [-0.2, -0.15) is 0 Å². The maximum absolute atomic E-state index is 12.5. The first-order valence-electron chi connectivity index (χ1n) is 36.9. The fourth-order valence-electron chi connectivity index (χ4n) is 11.4. The van der Waals surface area contributed by atoms with Gasteiger partial charge in [-0.05, 0) is 89.9 Å². The Kier molecular flexibility index (Phi) is 69.4. The molecular weight excluding hydrogens is 1010 g/mol. The Hall–Kier alpha value is -2.18. The maximum Gasteiger partial charge on any atom is 0.305 e. The molecule has 0 aromatic heterocycles. The predicted octanol–water partition coefficient (Wildman–Crippen LogP) is 24.0. The number of carbonyl (C=O) groups excluding carboxylic acids is 2. The molecule has 2 atom stereocenters. The van der Waals surface area contributed by atoms with Crippen LogP contribution in [0.2, 0.25) is 0 Å². The Morgan fingerprint density at radius 1 is 0.341 bits per heavy atom. The number of ether oxygens (including phenoxy) is 1. The standard InChI is InChI=1S/C76H143NO5/c1-3-5-7-9-11-13-15-17-19-20-21-22-23-25-28-31-34-37-41-44-48-52-56-60-64-68-74(79)73(72-78)77-75(80)69-65-61-57-53-49-45-42-38-35-32-29-26-24-27-30-33-36-39-43-47-51-55-59-63-67-71-82-76(81)70-66-62-58-54-50-46-40-18-16-14-12-10-8-6-4-2/h12,14,18,26,29,40,64,68,73-74,78-79H,3-11,13,15-17,19-25,27-28,30-39,41-63,65-67,69-72H2,1-2H3,(H,77,80)/b14-12-,29-26-,40-18-,68-64+. The van der Waals surface area contributed by atoms with E-state index in [1.165, 1.54) is 321 Å². The van der Waals surface area contributed by atoms with E-state index in [2.05, 4.69) is 55.6 Å². The summed E-state index contributed by atoms with van der Waals surface area (Å²) >= 11 is 0. The summed E-state index contributed by atoms with van der Waals surface area (Å²) in [5.41, 5.74) is 0. The van der Waals surface area contributed by atoms with Crippen molar-refractivity contribution in [3.05, 3.63) is 48.6 Å². The van der Waals surface area contributed by atoms with E-state index in [1.807, 2.05) is 6.08 Å². The summed E-state index contributed by atoms with van der Waals surface area (Å²) in [6, 6.07) is -0.633. The first-order chi connectivity index (χ1) is 40.5. The Morgan fingerprint density at radius 3 is 0.963 bits per heavy atom. The quantitative estimate of drug-likeness (QED) is 0.0320. The summed E-state index contributed by atoms with van der Waals surface area (Å²) in [5, 5.41) is 23.3. The van der Waals surface area contributed by atoms with Gasteiger partial charge in [0.15, 0.2) is 0 Å². The number of amides is 1. The smallest absolute Gasteiger partial charge is 0.305 e. The van der Waals surface area contributed by atoms with Crippen LogP contribution in [-0.2, 0) is 14.3 Å². The third-order valence-electron chi connectivity index (χ3n) is 17.1. The van der Waals surface area contributed by atoms with Gasteiger partial charge >= 0.3 is 5.97 Å². The Morgan fingerprint density at radius 2 is 0.610 bits per heavy atom. The molecule has 0 rings (SSSR count). The van der Waals surface area contributed by atoms with Gasteiger partial charge < -0.3 is 20.3 Å². The van der Waals surface area contributed by atoms with Gasteiger partial charge in [0, 0.05) is 12.8 Å². The van der Waals surface area contributed by atoms with Gasteiger partial charge in [-0.1, -0.05) is 345 Å². The SMILES string of the molecule is CCCCC/C=C\C/C=C\CCCCCCCC(=O)OCCCCCCCCCCCCCC/C=C\CCCCCCCCCCCC(=O)NC(CO)C(O)/C=C/CCCCCCCCCCCCCCCCCCCCCCCCC. The number of aliphatic hydroxyl groups is 2. The van der Waals surface area contributed by atoms with Gasteiger partial charge in [0.25, 0.3) is 0 Å². The molecule has 0 radical (unpaired) electrons. The first kappa shape index (κ1) is 79.8. The van der Waals surface area contributed by atoms with E-state index in [-0.39, 0.29) is 18.5 Å². The molecule has 0 aliphatic rings. The predicted molar refractivity (Wildman–Crippen MR) is 361 cm³/mol. The minimum Gasteiger partial charge on any atom is -0.466 e. The third-order valence-corrected chi connectivity index (χ3v) is 17.1. The molecule has 0 aliphatic carbocycles. The molecule has 0 aliphatic heterocycles. The van der Waals surface area contributed by atoms with Crippen molar-refractivity contribution in [1.82, 2.24) is 5.32 Å². The van der Waals surface area contributed by atoms with Crippen LogP contribution >= 0.6 is 0 Å². The Balaban J connectivity index is 3.43. The molecular formula is C76H143NO5. The summed E-state index contributed by atoms with van der Waals surface area (Å²) < 4.78 is 5.48. The van der Waals surface area contributed by atoms with E-state index in [0.29, 0.717) is 19.4 Å². The number of nitrogens with one attached hydrogen (secondary N) is 1. The molecule has 0 saturated heterocycles. The van der Waals surface area contributed by atoms with Crippen LogP contribution in [0.25, 0.3) is 0 Å². The largest absolute Gasteiger partial charge is 0.466 e. The molecule has 0 aromatic rings. The van der Waals surface area contributed by atoms with Gasteiger partial charge in [0.05, 0.1) is 25.4 Å². The van der Waals surface area contributed by atoms with Gasteiger partial charge in [-0.3, -0.25) is 9.59 Å². The van der Waals surface area contributed by atoms with Crippen LogP contribution in [0.5, 0.6) is 0 Å². The lowest BCUT2D eigenvalue weighted by molar-refractivity contribution is -0.143. The van der Waals surface area contributed by atoms with Gasteiger partial charge in [-0.15, -0.1) is 0 Å². The van der Waals surface area contributed by atoms with E-state index in [4.69, 9.17) is 4.74 Å². The molecule has 6 nitrogen and oxygen atoms in total. The molecule has 0 bridgehead atoms. The van der Waals surface area contributed by atoms with Crippen molar-refractivity contribution in [2.75, 3.05) is 13.2 Å². The second kappa shape index (κ2) is 71.3. The molecule has 3 N–H and O–H groups in total. The number of hydrogen-bond acceptors (Lipinski definition) is 5. The number of rotatable bonds is 69. The number of hydrogen-bond donors (Lipinski definition) is 3. The Labute approximate surface area is 512 Å². The highest BCUT2D eigenvalue weighted by molar-refractivity contribution is 5.76. The molecule has 0 fully saturated rings. The van der Waals surface area contributed by atoms with E-state index in [9.17, 15) is 19.8 Å². The molecule has 2 unspecified atom stereocenters. The topological polar surface area (TPSA) is 95.9 Å². The molecule has 6 heteroatoms. The highest BCUT2D eigenvalue weighted by Crippen LogP contribution is 2.19. The minimum absolute atomic E-state index is 0.000654. The van der Waals surface area contributed by atoms with Gasteiger partial charge in [0.1, 0.15) is 0 Å². The lowest BCUT2D eigenvalue weighted by Crippen LogP contribution is -2.45. The minimum atomic E-state index is -0.849. The van der Waals surface area contributed by atoms with Crippen LogP contribution in [-0.4, -0.2) is 47.4 Å². The van der Waals surface area contributed by atoms with Crippen molar-refractivity contribution in [2.45, 2.75) is 411 Å². The zero-order valence-corrected chi connectivity index (χ0v) is 55.2. The van der Waals surface area contributed by atoms with Crippen LogP contribution in [0.15, 0.2) is 48.6 Å². The molecule has 1 amide bonds. The van der Waals surface area contributed by atoms with Crippen molar-refractivity contribution in [1.29, 1.82) is 0 Å². The highest BCUT2D eigenvalue weighted by atomic mass is 16.5.